The van der Waals surface area contributed by atoms with E-state index in [2.05, 4.69) is 30.9 Å². The molecule has 3 amide bonds. The largest absolute Gasteiger partial charge is 0.480 e. The lowest BCUT2D eigenvalue weighted by molar-refractivity contribution is -0.151. The number of rotatable bonds is 22. The number of carboxylic acids is 2. The van der Waals surface area contributed by atoms with Gasteiger partial charge in [0.15, 0.2) is 0 Å². The third kappa shape index (κ3) is 20.1. The Hall–Kier alpha value is -3.44. The van der Waals surface area contributed by atoms with Crippen LogP contribution in [0.1, 0.15) is 71.1 Å². The highest BCUT2D eigenvalue weighted by molar-refractivity contribution is 7.80. The number of carbonyl (C=O) groups is 5. The summed E-state index contributed by atoms with van der Waals surface area (Å²) in [6.07, 6.45) is 26.7. The van der Waals surface area contributed by atoms with Crippen molar-refractivity contribution >= 4 is 42.3 Å². The van der Waals surface area contributed by atoms with E-state index in [1.807, 2.05) is 24.3 Å². The smallest absolute Gasteiger partial charge is 0.323 e. The Morgan fingerprint density at radius 1 is 0.854 bits per heavy atom. The minimum atomic E-state index is -1.42. The number of thiol groups is 1. The fourth-order valence-corrected chi connectivity index (χ4v) is 3.70. The van der Waals surface area contributed by atoms with Gasteiger partial charge in [0.25, 0.3) is 11.8 Å². The molecule has 0 spiro atoms. The van der Waals surface area contributed by atoms with Crippen LogP contribution in [0.25, 0.3) is 0 Å². The Balaban J connectivity index is 4.73. The van der Waals surface area contributed by atoms with Gasteiger partial charge in [0.1, 0.15) is 18.6 Å². The Bertz CT molecular complexity index is 973. The molecule has 2 atom stereocenters. The van der Waals surface area contributed by atoms with Gasteiger partial charge in [-0.05, 0) is 19.3 Å². The highest BCUT2D eigenvalue weighted by Gasteiger charge is 2.30. The van der Waals surface area contributed by atoms with E-state index in [1.54, 1.807) is 18.2 Å². The Kier molecular flexibility index (Phi) is 22.3. The summed E-state index contributed by atoms with van der Waals surface area (Å²) in [5.41, 5.74) is 5.36. The molecule has 0 heterocycles. The predicted octanol–water partition coefficient (Wildman–Crippen LogP) is 3.95. The number of nitrogens with two attached hydrogens (primary N) is 1. The summed E-state index contributed by atoms with van der Waals surface area (Å²) in [5.74, 6) is -5.42. The first kappa shape index (κ1) is 37.6. The van der Waals surface area contributed by atoms with E-state index in [-0.39, 0.29) is 18.6 Å². The molecule has 228 valence electrons. The number of nitrogens with zero attached hydrogens (tertiary/aromatic N) is 1. The van der Waals surface area contributed by atoms with Gasteiger partial charge < -0.3 is 21.3 Å². The fourth-order valence-electron chi connectivity index (χ4n) is 3.46. The number of hydrogen-bond donors (Lipinski definition) is 5. The van der Waals surface area contributed by atoms with Gasteiger partial charge in [-0.2, -0.15) is 12.6 Å². The third-order valence-corrected chi connectivity index (χ3v) is 6.13. The van der Waals surface area contributed by atoms with Gasteiger partial charge in [0.05, 0.1) is 0 Å². The van der Waals surface area contributed by atoms with E-state index >= 15 is 0 Å². The highest BCUT2D eigenvalue weighted by atomic mass is 32.1. The molecule has 41 heavy (non-hydrogen) atoms. The topological polar surface area (TPSA) is 167 Å². The Morgan fingerprint density at radius 2 is 1.41 bits per heavy atom. The van der Waals surface area contributed by atoms with E-state index in [1.165, 1.54) is 51.0 Å². The summed E-state index contributed by atoms with van der Waals surface area (Å²) in [6.45, 7) is 1.31. The first-order chi connectivity index (χ1) is 19.6. The molecule has 0 aromatic heterocycles. The van der Waals surface area contributed by atoms with Crippen molar-refractivity contribution in [3.05, 3.63) is 60.8 Å². The van der Waals surface area contributed by atoms with Crippen molar-refractivity contribution in [1.82, 2.24) is 10.2 Å². The summed E-state index contributed by atoms with van der Waals surface area (Å²) < 4.78 is 0. The van der Waals surface area contributed by atoms with Crippen molar-refractivity contribution in [1.29, 1.82) is 0 Å². The maximum absolute atomic E-state index is 12.8. The summed E-state index contributed by atoms with van der Waals surface area (Å²) in [7, 11) is 0. The molecular weight excluding hydrogens is 546 g/mol. The molecule has 11 heteroatoms. The maximum Gasteiger partial charge on any atom is 0.323 e. The van der Waals surface area contributed by atoms with Gasteiger partial charge in [-0.25, -0.2) is 0 Å². The number of unbranched alkanes of at least 4 members (excludes halogenated alkanes) is 7. The zero-order valence-corrected chi connectivity index (χ0v) is 24.7. The molecule has 0 aliphatic heterocycles. The molecular formula is C30H45N3O7S. The average molecular weight is 592 g/mol. The van der Waals surface area contributed by atoms with Crippen LogP contribution in [0.15, 0.2) is 60.8 Å². The van der Waals surface area contributed by atoms with Crippen LogP contribution in [0, 0.1) is 0 Å². The van der Waals surface area contributed by atoms with Gasteiger partial charge >= 0.3 is 11.9 Å². The minimum absolute atomic E-state index is 0.165. The molecule has 0 rings (SSSR count). The van der Waals surface area contributed by atoms with Crippen molar-refractivity contribution in [3.8, 4) is 0 Å². The van der Waals surface area contributed by atoms with E-state index in [9.17, 15) is 24.0 Å². The van der Waals surface area contributed by atoms with Crippen molar-refractivity contribution in [2.45, 2.75) is 83.2 Å². The van der Waals surface area contributed by atoms with Gasteiger partial charge in [-0.1, -0.05) is 100 Å². The monoisotopic (exact) mass is 591 g/mol. The van der Waals surface area contributed by atoms with E-state index in [0.29, 0.717) is 4.90 Å². The molecule has 10 nitrogen and oxygen atoms in total. The lowest BCUT2D eigenvalue weighted by atomic mass is 10.1. The number of amides is 3. The molecule has 0 radical (unpaired) electrons. The Morgan fingerprint density at radius 3 is 1.98 bits per heavy atom. The van der Waals surface area contributed by atoms with Gasteiger partial charge in [-0.3, -0.25) is 28.9 Å². The second-order valence-corrected chi connectivity index (χ2v) is 9.66. The van der Waals surface area contributed by atoms with Gasteiger partial charge in [0.2, 0.25) is 5.91 Å². The zero-order valence-electron chi connectivity index (χ0n) is 23.8. The number of allylic oxidation sites excluding steroid dienone is 9. The molecule has 0 aliphatic carbocycles. The van der Waals surface area contributed by atoms with Crippen LogP contribution in [0.4, 0.5) is 0 Å². The van der Waals surface area contributed by atoms with Crippen LogP contribution in [-0.4, -0.2) is 69.2 Å². The molecule has 0 saturated carbocycles. The molecule has 0 aliphatic rings. The lowest BCUT2D eigenvalue weighted by Crippen LogP contribution is -2.52. The van der Waals surface area contributed by atoms with Crippen LogP contribution < -0.4 is 11.1 Å². The number of nitrogens with one attached hydrogen (secondary N) is 1. The second-order valence-electron chi connectivity index (χ2n) is 9.29. The van der Waals surface area contributed by atoms with Crippen LogP contribution in [0.2, 0.25) is 0 Å². The quantitative estimate of drug-likeness (QED) is 0.0546. The summed E-state index contributed by atoms with van der Waals surface area (Å²) >= 11 is 4.01. The first-order valence-corrected chi connectivity index (χ1v) is 14.6. The van der Waals surface area contributed by atoms with E-state index in [4.69, 9.17) is 15.9 Å². The van der Waals surface area contributed by atoms with Gasteiger partial charge in [0, 0.05) is 18.2 Å². The normalized spacial score (nSPS) is 13.4. The van der Waals surface area contributed by atoms with Crippen molar-refractivity contribution in [2.24, 2.45) is 5.73 Å². The molecule has 0 aromatic carbocycles. The molecule has 0 fully saturated rings. The highest BCUT2D eigenvalue weighted by Crippen LogP contribution is 2.08. The SMILES string of the molecule is CCCCCCCCCC=CC=CC=CC=CC=CC(=O)N(CC(=O)O)C(=O)[C@@H](CS)NC(=O)CCC(N)C(=O)O. The molecule has 5 N–H and O–H groups in total. The number of carbonyl (C=O) groups excluding carboxylic acids is 3. The molecule has 0 aromatic rings. The zero-order chi connectivity index (χ0) is 30.9. The molecule has 0 saturated heterocycles. The lowest BCUT2D eigenvalue weighted by Gasteiger charge is -2.23. The standard InChI is InChI=1S/C30H45N3O7S/c1-2-3-4-5-6-7-8-9-10-11-12-13-14-15-16-17-18-19-27(35)33(22-28(36)37)29(38)25(23-41)32-26(34)21-20-24(31)30(39)40/h10-19,24-25,41H,2-9,20-23,31H2,1H3,(H,32,34)(H,36,37)(H,39,40)/t24?,25-/m1/s1. The number of hydrogen-bond acceptors (Lipinski definition) is 7. The fraction of sp³-hybridized carbons (Fsp3) is 0.500. The first-order valence-electron chi connectivity index (χ1n) is 13.9. The molecule has 0 bridgehead atoms. The molecule has 1 unspecified atom stereocenters. The van der Waals surface area contributed by atoms with Crippen molar-refractivity contribution < 1.29 is 34.2 Å². The van der Waals surface area contributed by atoms with Crippen LogP contribution in [0.3, 0.4) is 0 Å². The van der Waals surface area contributed by atoms with Crippen LogP contribution in [0.5, 0.6) is 0 Å². The van der Waals surface area contributed by atoms with E-state index in [0.717, 1.165) is 12.5 Å². The number of imide groups is 1. The number of carboxylic acid groups (broad SMARTS) is 2. The van der Waals surface area contributed by atoms with Gasteiger partial charge in [-0.15, -0.1) is 0 Å². The third-order valence-electron chi connectivity index (χ3n) is 5.77. The summed E-state index contributed by atoms with van der Waals surface area (Å²) in [6, 6.07) is -2.54. The minimum Gasteiger partial charge on any atom is -0.480 e. The maximum atomic E-state index is 12.8. The average Bonchev–Trinajstić information content (AvgIpc) is 2.94. The van der Waals surface area contributed by atoms with E-state index < -0.39 is 48.3 Å². The predicted molar refractivity (Wildman–Crippen MR) is 163 cm³/mol. The Labute approximate surface area is 248 Å². The van der Waals surface area contributed by atoms with Crippen molar-refractivity contribution in [3.63, 3.8) is 0 Å². The summed E-state index contributed by atoms with van der Waals surface area (Å²) in [4.78, 5) is 60.0. The summed E-state index contributed by atoms with van der Waals surface area (Å²) in [5, 5.41) is 20.3. The van der Waals surface area contributed by atoms with Crippen molar-refractivity contribution in [2.75, 3.05) is 12.3 Å². The van der Waals surface area contributed by atoms with Crippen LogP contribution >= 0.6 is 12.6 Å². The van der Waals surface area contributed by atoms with Crippen LogP contribution in [-0.2, 0) is 24.0 Å². The number of aliphatic carboxylic acids is 2. The second kappa shape index (κ2) is 24.4.